The summed E-state index contributed by atoms with van der Waals surface area (Å²) in [6, 6.07) is 12.7. The highest BCUT2D eigenvalue weighted by Crippen LogP contribution is 2.42. The van der Waals surface area contributed by atoms with Gasteiger partial charge in [0.05, 0.1) is 17.7 Å². The molecule has 2 aromatic carbocycles. The minimum absolute atomic E-state index is 0.0348. The van der Waals surface area contributed by atoms with Crippen LogP contribution >= 0.6 is 0 Å². The van der Waals surface area contributed by atoms with Gasteiger partial charge in [-0.2, -0.15) is 0 Å². The number of carbonyl (C=O) groups is 2. The number of aromatic carboxylic acids is 1. The average molecular weight is 470 g/mol. The Labute approximate surface area is 199 Å². The molecule has 5 aromatic rings. The molecule has 0 aliphatic carbocycles. The topological polar surface area (TPSA) is 140 Å². The lowest BCUT2D eigenvalue weighted by Gasteiger charge is -2.02. The predicted molar refractivity (Wildman–Crippen MR) is 131 cm³/mol. The number of aromatic hydroxyl groups is 1. The van der Waals surface area contributed by atoms with E-state index in [0.29, 0.717) is 22.8 Å². The smallest absolute Gasteiger partial charge is 0.372 e. The van der Waals surface area contributed by atoms with Gasteiger partial charge in [-0.15, -0.1) is 0 Å². The minimum Gasteiger partial charge on any atom is -0.504 e. The van der Waals surface area contributed by atoms with E-state index in [4.69, 9.17) is 4.42 Å². The number of furan rings is 1. The molecular weight excluding hydrogens is 448 g/mol. The van der Waals surface area contributed by atoms with E-state index in [0.717, 1.165) is 22.2 Å². The lowest BCUT2D eigenvalue weighted by atomic mass is 10.0. The van der Waals surface area contributed by atoms with Crippen molar-refractivity contribution in [2.45, 2.75) is 13.3 Å². The summed E-state index contributed by atoms with van der Waals surface area (Å²) in [6.07, 6.45) is 5.56. The highest BCUT2D eigenvalue weighted by atomic mass is 16.4. The molecule has 35 heavy (non-hydrogen) atoms. The molecule has 3 heterocycles. The van der Waals surface area contributed by atoms with Crippen LogP contribution in [0.1, 0.15) is 39.2 Å². The van der Waals surface area contributed by atoms with E-state index in [2.05, 4.69) is 9.97 Å². The number of carboxylic acids is 1. The van der Waals surface area contributed by atoms with Gasteiger partial charge in [-0.25, -0.2) is 4.79 Å². The molecule has 0 saturated carbocycles. The third kappa shape index (κ3) is 3.70. The number of rotatable bonds is 7. The van der Waals surface area contributed by atoms with Crippen LogP contribution in [0.5, 0.6) is 5.75 Å². The van der Waals surface area contributed by atoms with Crippen LogP contribution in [-0.4, -0.2) is 43.6 Å². The van der Waals surface area contributed by atoms with Gasteiger partial charge in [-0.1, -0.05) is 48.0 Å². The van der Waals surface area contributed by atoms with Crippen LogP contribution < -0.4 is 0 Å². The molecule has 3 aromatic heterocycles. The summed E-state index contributed by atoms with van der Waals surface area (Å²) >= 11 is 0. The first-order valence-electron chi connectivity index (χ1n) is 11.0. The molecule has 5 N–H and O–H groups in total. The SMILES string of the molecule is CC(=CCc1cccc2c(C(=O)c3oc(C(=O)O)c(-c4c[nH]c5ccccc45)c3O)c[nH]c12)CO. The number of H-pyrrole nitrogens is 2. The van der Waals surface area contributed by atoms with Gasteiger partial charge in [0.25, 0.3) is 0 Å². The standard InChI is InChI=1S/C27H22N2O6/c1-14(13-30)9-10-15-5-4-7-17-19(12-29-22(15)17)23(31)26-24(32)21(25(35-26)27(33)34)18-11-28-20-8-3-2-6-16(18)20/h2-9,11-12,28-30,32H,10,13H2,1H3,(H,33,34). The van der Waals surface area contributed by atoms with Gasteiger partial charge in [0.2, 0.25) is 17.3 Å². The second-order valence-electron chi connectivity index (χ2n) is 8.32. The van der Waals surface area contributed by atoms with Crippen molar-refractivity contribution >= 4 is 33.6 Å². The molecule has 0 radical (unpaired) electrons. The summed E-state index contributed by atoms with van der Waals surface area (Å²) in [5, 5.41) is 31.3. The van der Waals surface area contributed by atoms with E-state index in [-0.39, 0.29) is 17.7 Å². The van der Waals surface area contributed by atoms with Crippen molar-refractivity contribution in [2.75, 3.05) is 6.61 Å². The fraction of sp³-hybridized carbons (Fsp3) is 0.111. The highest BCUT2D eigenvalue weighted by molar-refractivity contribution is 6.18. The largest absolute Gasteiger partial charge is 0.504 e. The first kappa shape index (κ1) is 22.2. The number of benzene rings is 2. The quantitative estimate of drug-likeness (QED) is 0.167. The maximum Gasteiger partial charge on any atom is 0.372 e. The van der Waals surface area contributed by atoms with Gasteiger partial charge >= 0.3 is 5.97 Å². The predicted octanol–water partition coefficient (Wildman–Crippen LogP) is 5.03. The Morgan fingerprint density at radius 2 is 1.77 bits per heavy atom. The van der Waals surface area contributed by atoms with Gasteiger partial charge in [0.1, 0.15) is 0 Å². The first-order valence-corrected chi connectivity index (χ1v) is 11.0. The number of hydrogen-bond acceptors (Lipinski definition) is 5. The number of carboxylic acid groups (broad SMARTS) is 1. The molecule has 5 rings (SSSR count). The number of aliphatic hydroxyl groups is 1. The van der Waals surface area contributed by atoms with Gasteiger partial charge in [-0.05, 0) is 25.0 Å². The Morgan fingerprint density at radius 1 is 1.00 bits per heavy atom. The number of ketones is 1. The van der Waals surface area contributed by atoms with Crippen LogP contribution in [0.15, 0.2) is 70.9 Å². The summed E-state index contributed by atoms with van der Waals surface area (Å²) in [5.41, 5.74) is 3.85. The first-order chi connectivity index (χ1) is 16.9. The monoisotopic (exact) mass is 470 g/mol. The molecule has 0 fully saturated rings. The fourth-order valence-electron chi connectivity index (χ4n) is 4.30. The van der Waals surface area contributed by atoms with Gasteiger partial charge in [-0.3, -0.25) is 4.79 Å². The van der Waals surface area contributed by atoms with Crippen LogP contribution in [0, 0.1) is 0 Å². The number of allylic oxidation sites excluding steroid dienone is 1. The van der Waals surface area contributed by atoms with Crippen molar-refractivity contribution in [3.05, 3.63) is 89.2 Å². The molecular formula is C27H22N2O6. The van der Waals surface area contributed by atoms with Crippen molar-refractivity contribution in [1.29, 1.82) is 0 Å². The van der Waals surface area contributed by atoms with E-state index < -0.39 is 29.0 Å². The van der Waals surface area contributed by atoms with E-state index in [1.807, 2.05) is 37.3 Å². The van der Waals surface area contributed by atoms with E-state index >= 15 is 0 Å². The zero-order valence-corrected chi connectivity index (χ0v) is 18.8. The number of aromatic nitrogens is 2. The van der Waals surface area contributed by atoms with Crippen LogP contribution in [0.2, 0.25) is 0 Å². The molecule has 0 atom stereocenters. The molecule has 0 spiro atoms. The molecule has 0 aliphatic heterocycles. The second kappa shape index (κ2) is 8.66. The zero-order chi connectivity index (χ0) is 24.7. The van der Waals surface area contributed by atoms with Crippen molar-refractivity contribution in [1.82, 2.24) is 9.97 Å². The van der Waals surface area contributed by atoms with E-state index in [9.17, 15) is 24.9 Å². The number of carbonyl (C=O) groups excluding carboxylic acids is 1. The Balaban J connectivity index is 1.62. The van der Waals surface area contributed by atoms with Crippen molar-refractivity contribution < 1.29 is 29.3 Å². The van der Waals surface area contributed by atoms with Gasteiger partial charge < -0.3 is 29.7 Å². The minimum atomic E-state index is -1.40. The molecule has 0 aliphatic rings. The second-order valence-corrected chi connectivity index (χ2v) is 8.32. The van der Waals surface area contributed by atoms with Crippen LogP contribution in [-0.2, 0) is 6.42 Å². The lowest BCUT2D eigenvalue weighted by Crippen LogP contribution is -1.99. The molecule has 8 heteroatoms. The van der Waals surface area contributed by atoms with E-state index in [1.165, 1.54) is 6.20 Å². The number of aromatic amines is 2. The summed E-state index contributed by atoms with van der Waals surface area (Å²) in [7, 11) is 0. The lowest BCUT2D eigenvalue weighted by molar-refractivity contribution is 0.0661. The third-order valence-electron chi connectivity index (χ3n) is 6.11. The molecule has 176 valence electrons. The molecule has 0 amide bonds. The number of para-hydroxylation sites is 2. The van der Waals surface area contributed by atoms with Crippen LogP contribution in [0.3, 0.4) is 0 Å². The zero-order valence-electron chi connectivity index (χ0n) is 18.8. The molecule has 0 bridgehead atoms. The van der Waals surface area contributed by atoms with Crippen LogP contribution in [0.4, 0.5) is 0 Å². The Morgan fingerprint density at radius 3 is 2.54 bits per heavy atom. The Hall–Kier alpha value is -4.56. The summed E-state index contributed by atoms with van der Waals surface area (Å²) < 4.78 is 5.47. The number of aliphatic hydroxyl groups excluding tert-OH is 1. The summed E-state index contributed by atoms with van der Waals surface area (Å²) in [4.78, 5) is 31.6. The molecule has 0 unspecified atom stereocenters. The molecule has 0 saturated heterocycles. The maximum absolute atomic E-state index is 13.5. The van der Waals surface area contributed by atoms with Crippen molar-refractivity contribution in [2.24, 2.45) is 0 Å². The fourth-order valence-corrected chi connectivity index (χ4v) is 4.30. The van der Waals surface area contributed by atoms with Crippen molar-refractivity contribution in [3.63, 3.8) is 0 Å². The van der Waals surface area contributed by atoms with Crippen LogP contribution in [0.25, 0.3) is 32.9 Å². The summed E-state index contributed by atoms with van der Waals surface area (Å²) in [6.45, 7) is 1.79. The maximum atomic E-state index is 13.5. The van der Waals surface area contributed by atoms with Gasteiger partial charge in [0, 0.05) is 39.8 Å². The van der Waals surface area contributed by atoms with E-state index in [1.54, 1.807) is 24.4 Å². The number of fused-ring (bicyclic) bond motifs is 2. The normalized spacial score (nSPS) is 12.0. The van der Waals surface area contributed by atoms with Crippen molar-refractivity contribution in [3.8, 4) is 16.9 Å². The number of hydrogen-bond donors (Lipinski definition) is 5. The number of nitrogens with one attached hydrogen (secondary N) is 2. The van der Waals surface area contributed by atoms with Gasteiger partial charge in [0.15, 0.2) is 5.75 Å². The average Bonchev–Trinajstić information content (AvgIpc) is 3.57. The Kier molecular flexibility index (Phi) is 5.50. The molecule has 8 nitrogen and oxygen atoms in total. The highest BCUT2D eigenvalue weighted by Gasteiger charge is 2.32. The third-order valence-corrected chi connectivity index (χ3v) is 6.11. The Bertz CT molecular complexity index is 1630. The summed E-state index contributed by atoms with van der Waals surface area (Å²) in [5.74, 6) is -3.51.